The fraction of sp³-hybridized carbons (Fsp3) is 0.444. The van der Waals surface area contributed by atoms with Gasteiger partial charge in [-0.2, -0.15) is 0 Å². The molecule has 23 heavy (non-hydrogen) atoms. The molecule has 5 nitrogen and oxygen atoms in total. The summed E-state index contributed by atoms with van der Waals surface area (Å²) in [5.41, 5.74) is 2.32. The number of hydrogen-bond acceptors (Lipinski definition) is 4. The van der Waals surface area contributed by atoms with Gasteiger partial charge in [-0.3, -0.25) is 9.69 Å². The Bertz CT molecular complexity index is 620. The van der Waals surface area contributed by atoms with E-state index in [4.69, 9.17) is 15.9 Å². The van der Waals surface area contributed by atoms with Crippen molar-refractivity contribution in [2.45, 2.75) is 45.4 Å². The zero-order valence-corrected chi connectivity index (χ0v) is 13.5. The van der Waals surface area contributed by atoms with Crippen molar-refractivity contribution in [2.75, 3.05) is 6.54 Å². The van der Waals surface area contributed by atoms with E-state index in [1.54, 1.807) is 6.92 Å². The van der Waals surface area contributed by atoms with Crippen LogP contribution in [0.2, 0.25) is 0 Å². The van der Waals surface area contributed by atoms with E-state index in [-0.39, 0.29) is 19.0 Å². The van der Waals surface area contributed by atoms with Crippen LogP contribution in [0.1, 0.15) is 43.9 Å². The molecule has 0 N–H and O–H groups in total. The lowest BCUT2D eigenvalue weighted by molar-refractivity contribution is -0.165. The van der Waals surface area contributed by atoms with Crippen LogP contribution in [0.15, 0.2) is 24.3 Å². The standard InChI is InChI=1S/C18H21NO4/c1-4-12-19(18(21)23-13(3)22-17(20)5-2)16-11-10-14-8-6-7-9-15(14)16/h1,6-9,13,16H,5,10-12H2,2-3H3/t13?,16-/m1/s1. The number of rotatable bonds is 5. The summed E-state index contributed by atoms with van der Waals surface area (Å²) in [7, 11) is 0. The maximum Gasteiger partial charge on any atom is 0.414 e. The Morgan fingerprint density at radius 3 is 2.83 bits per heavy atom. The van der Waals surface area contributed by atoms with Gasteiger partial charge in [-0.05, 0) is 24.0 Å². The summed E-state index contributed by atoms with van der Waals surface area (Å²) in [6.07, 6.45) is 5.83. The quantitative estimate of drug-likeness (QED) is 0.476. The van der Waals surface area contributed by atoms with E-state index in [2.05, 4.69) is 12.0 Å². The molecule has 0 bridgehead atoms. The number of terminal acetylenes is 1. The monoisotopic (exact) mass is 315 g/mol. The number of esters is 1. The van der Waals surface area contributed by atoms with Crippen LogP contribution in [0.25, 0.3) is 0 Å². The van der Waals surface area contributed by atoms with Gasteiger partial charge in [0, 0.05) is 13.3 Å². The van der Waals surface area contributed by atoms with E-state index < -0.39 is 18.4 Å². The second kappa shape index (κ2) is 7.68. The summed E-state index contributed by atoms with van der Waals surface area (Å²) in [4.78, 5) is 25.2. The first-order valence-corrected chi connectivity index (χ1v) is 7.74. The Kier molecular flexibility index (Phi) is 5.64. The molecule has 1 aliphatic rings. The average Bonchev–Trinajstić information content (AvgIpc) is 2.96. The van der Waals surface area contributed by atoms with Crippen LogP contribution in [0.3, 0.4) is 0 Å². The lowest BCUT2D eigenvalue weighted by atomic mass is 10.1. The van der Waals surface area contributed by atoms with E-state index in [0.717, 1.165) is 18.4 Å². The van der Waals surface area contributed by atoms with Gasteiger partial charge in [0.1, 0.15) is 0 Å². The molecule has 1 unspecified atom stereocenters. The number of ether oxygens (including phenoxy) is 2. The third-order valence-corrected chi connectivity index (χ3v) is 3.83. The van der Waals surface area contributed by atoms with Crippen molar-refractivity contribution < 1.29 is 19.1 Å². The minimum Gasteiger partial charge on any atom is -0.425 e. The largest absolute Gasteiger partial charge is 0.425 e. The van der Waals surface area contributed by atoms with Crippen molar-refractivity contribution >= 4 is 12.1 Å². The molecule has 2 rings (SSSR count). The van der Waals surface area contributed by atoms with E-state index >= 15 is 0 Å². The summed E-state index contributed by atoms with van der Waals surface area (Å²) in [5, 5.41) is 0. The SMILES string of the molecule is C#CCN(C(=O)OC(C)OC(=O)CC)[C@@H]1CCc2ccccc21. The van der Waals surface area contributed by atoms with E-state index in [9.17, 15) is 9.59 Å². The van der Waals surface area contributed by atoms with Gasteiger partial charge in [0.25, 0.3) is 0 Å². The summed E-state index contributed by atoms with van der Waals surface area (Å²) in [5.74, 6) is 2.08. The number of nitrogens with zero attached hydrogens (tertiary/aromatic N) is 1. The molecule has 0 fully saturated rings. The zero-order chi connectivity index (χ0) is 16.8. The smallest absolute Gasteiger partial charge is 0.414 e. The van der Waals surface area contributed by atoms with Crippen LogP contribution in [0.5, 0.6) is 0 Å². The number of fused-ring (bicyclic) bond motifs is 1. The fourth-order valence-electron chi connectivity index (χ4n) is 2.76. The van der Waals surface area contributed by atoms with Gasteiger partial charge in [0.2, 0.25) is 6.29 Å². The third-order valence-electron chi connectivity index (χ3n) is 3.83. The Morgan fingerprint density at radius 1 is 1.39 bits per heavy atom. The first-order chi connectivity index (χ1) is 11.1. The molecule has 0 aliphatic heterocycles. The summed E-state index contributed by atoms with van der Waals surface area (Å²) < 4.78 is 10.2. The summed E-state index contributed by atoms with van der Waals surface area (Å²) >= 11 is 0. The van der Waals surface area contributed by atoms with Crippen LogP contribution in [-0.2, 0) is 20.7 Å². The lowest BCUT2D eigenvalue weighted by Crippen LogP contribution is -2.37. The molecule has 2 atom stereocenters. The highest BCUT2D eigenvalue weighted by Gasteiger charge is 2.32. The highest BCUT2D eigenvalue weighted by molar-refractivity contribution is 5.71. The number of hydrogen-bond donors (Lipinski definition) is 0. The molecule has 0 saturated heterocycles. The molecule has 0 spiro atoms. The Hall–Kier alpha value is -2.48. The molecule has 1 aliphatic carbocycles. The topological polar surface area (TPSA) is 55.8 Å². The second-order valence-corrected chi connectivity index (χ2v) is 5.38. The highest BCUT2D eigenvalue weighted by Crippen LogP contribution is 2.35. The lowest BCUT2D eigenvalue weighted by Gasteiger charge is -2.28. The minimum absolute atomic E-state index is 0.108. The first kappa shape index (κ1) is 16.9. The molecule has 122 valence electrons. The highest BCUT2D eigenvalue weighted by atomic mass is 16.7. The molecule has 0 aromatic heterocycles. The van der Waals surface area contributed by atoms with Crippen LogP contribution in [0, 0.1) is 12.3 Å². The molecule has 5 heteroatoms. The maximum absolute atomic E-state index is 12.4. The Morgan fingerprint density at radius 2 is 2.13 bits per heavy atom. The molecule has 1 aromatic carbocycles. The summed E-state index contributed by atoms with van der Waals surface area (Å²) in [6.45, 7) is 3.34. The van der Waals surface area contributed by atoms with Crippen LogP contribution in [0.4, 0.5) is 4.79 Å². The molecule has 1 aromatic rings. The van der Waals surface area contributed by atoms with Crippen molar-refractivity contribution in [2.24, 2.45) is 0 Å². The van der Waals surface area contributed by atoms with E-state index in [1.807, 2.05) is 18.2 Å². The van der Waals surface area contributed by atoms with Gasteiger partial charge in [-0.25, -0.2) is 4.79 Å². The van der Waals surface area contributed by atoms with Gasteiger partial charge in [0.15, 0.2) is 0 Å². The van der Waals surface area contributed by atoms with Gasteiger partial charge in [0.05, 0.1) is 12.6 Å². The van der Waals surface area contributed by atoms with Crippen molar-refractivity contribution in [1.82, 2.24) is 4.90 Å². The number of amides is 1. The van der Waals surface area contributed by atoms with Crippen molar-refractivity contribution in [1.29, 1.82) is 0 Å². The predicted molar refractivity (Wildman–Crippen MR) is 85.4 cm³/mol. The predicted octanol–water partition coefficient (Wildman–Crippen LogP) is 3.04. The van der Waals surface area contributed by atoms with E-state index in [1.165, 1.54) is 17.4 Å². The van der Waals surface area contributed by atoms with Crippen molar-refractivity contribution in [3.8, 4) is 12.3 Å². The number of benzene rings is 1. The zero-order valence-electron chi connectivity index (χ0n) is 13.5. The molecule has 0 heterocycles. The number of aryl methyl sites for hydroxylation is 1. The molecule has 0 saturated carbocycles. The van der Waals surface area contributed by atoms with Crippen LogP contribution >= 0.6 is 0 Å². The van der Waals surface area contributed by atoms with Gasteiger partial charge in [-0.1, -0.05) is 37.1 Å². The summed E-state index contributed by atoms with van der Waals surface area (Å²) in [6, 6.07) is 7.88. The maximum atomic E-state index is 12.4. The van der Waals surface area contributed by atoms with Crippen molar-refractivity contribution in [3.05, 3.63) is 35.4 Å². The minimum atomic E-state index is -0.938. The van der Waals surface area contributed by atoms with Gasteiger partial charge in [-0.15, -0.1) is 6.42 Å². The second-order valence-electron chi connectivity index (χ2n) is 5.38. The Labute approximate surface area is 136 Å². The van der Waals surface area contributed by atoms with Crippen LogP contribution in [-0.4, -0.2) is 29.8 Å². The molecule has 1 amide bonds. The third kappa shape index (κ3) is 4.04. The molecule has 0 radical (unpaired) electrons. The van der Waals surface area contributed by atoms with Crippen LogP contribution < -0.4 is 0 Å². The van der Waals surface area contributed by atoms with Crippen molar-refractivity contribution in [3.63, 3.8) is 0 Å². The van der Waals surface area contributed by atoms with Gasteiger partial charge >= 0.3 is 12.1 Å². The van der Waals surface area contributed by atoms with Gasteiger partial charge < -0.3 is 9.47 Å². The van der Waals surface area contributed by atoms with E-state index in [0.29, 0.717) is 0 Å². The number of carbonyl (C=O) groups excluding carboxylic acids is 2. The number of carbonyl (C=O) groups is 2. The normalized spacial score (nSPS) is 16.8. The Balaban J connectivity index is 2.08. The average molecular weight is 315 g/mol. The molecular weight excluding hydrogens is 294 g/mol. The first-order valence-electron chi connectivity index (χ1n) is 7.74. The molecular formula is C18H21NO4. The fourth-order valence-corrected chi connectivity index (χ4v) is 2.76.